The maximum Gasteiger partial charge on any atom is 0.263 e. The van der Waals surface area contributed by atoms with Crippen molar-refractivity contribution in [2.45, 2.75) is 25.7 Å². The number of benzene rings is 3. The van der Waals surface area contributed by atoms with Crippen LogP contribution in [0.15, 0.2) is 65.6 Å². The van der Waals surface area contributed by atoms with E-state index in [2.05, 4.69) is 20.0 Å². The minimum Gasteiger partial charge on any atom is -0.495 e. The number of hydrogen-bond acceptors (Lipinski definition) is 6. The fraction of sp³-hybridized carbons (Fsp3) is 0.167. The van der Waals surface area contributed by atoms with Crippen LogP contribution in [0.25, 0.3) is 11.0 Å². The molecule has 0 atom stereocenters. The number of rotatable bonds is 6. The van der Waals surface area contributed by atoms with E-state index in [9.17, 15) is 8.42 Å². The van der Waals surface area contributed by atoms with Gasteiger partial charge in [0.1, 0.15) is 5.75 Å². The van der Waals surface area contributed by atoms with Crippen molar-refractivity contribution in [3.8, 4) is 5.75 Å². The van der Waals surface area contributed by atoms with Crippen LogP contribution in [0.5, 0.6) is 5.75 Å². The molecule has 0 saturated carbocycles. The highest BCUT2D eigenvalue weighted by molar-refractivity contribution is 7.92. The zero-order valence-corrected chi connectivity index (χ0v) is 19.1. The first-order valence-electron chi connectivity index (χ1n) is 10.0. The SMILES string of the molecule is COc1ccc(C)cc1Nc1nc2cc(C)ccc2nc1NS(=O)(=O)c1ccc(C)cc1. The van der Waals surface area contributed by atoms with Crippen LogP contribution >= 0.6 is 0 Å². The van der Waals surface area contributed by atoms with Crippen molar-refractivity contribution in [2.75, 3.05) is 17.1 Å². The average Bonchev–Trinajstić information content (AvgIpc) is 2.74. The van der Waals surface area contributed by atoms with Crippen LogP contribution in [0.3, 0.4) is 0 Å². The van der Waals surface area contributed by atoms with Gasteiger partial charge in [0.2, 0.25) is 0 Å². The van der Waals surface area contributed by atoms with Crippen LogP contribution in [0.4, 0.5) is 17.3 Å². The number of methoxy groups -OCH3 is 1. The quantitative estimate of drug-likeness (QED) is 0.426. The summed E-state index contributed by atoms with van der Waals surface area (Å²) in [6.07, 6.45) is 0. The first-order valence-corrected chi connectivity index (χ1v) is 11.5. The molecule has 164 valence electrons. The van der Waals surface area contributed by atoms with Gasteiger partial charge in [0, 0.05) is 0 Å². The Hall–Kier alpha value is -3.65. The summed E-state index contributed by atoms with van der Waals surface area (Å²) in [5.41, 5.74) is 4.90. The molecule has 3 aromatic carbocycles. The topological polar surface area (TPSA) is 93.2 Å². The summed E-state index contributed by atoms with van der Waals surface area (Å²) >= 11 is 0. The van der Waals surface area contributed by atoms with Crippen LogP contribution in [-0.2, 0) is 10.0 Å². The number of nitrogens with zero attached hydrogens (tertiary/aromatic N) is 2. The summed E-state index contributed by atoms with van der Waals surface area (Å²) in [7, 11) is -2.29. The minimum absolute atomic E-state index is 0.102. The Kier molecular flexibility index (Phi) is 5.71. The van der Waals surface area contributed by atoms with E-state index in [0.717, 1.165) is 16.7 Å². The number of fused-ring (bicyclic) bond motifs is 1. The van der Waals surface area contributed by atoms with E-state index >= 15 is 0 Å². The van der Waals surface area contributed by atoms with E-state index in [0.29, 0.717) is 22.5 Å². The predicted octanol–water partition coefficient (Wildman–Crippen LogP) is 5.11. The van der Waals surface area contributed by atoms with Gasteiger partial charge in [0.15, 0.2) is 11.6 Å². The smallest absolute Gasteiger partial charge is 0.263 e. The first kappa shape index (κ1) is 21.6. The van der Waals surface area contributed by atoms with Crippen molar-refractivity contribution < 1.29 is 13.2 Å². The van der Waals surface area contributed by atoms with Gasteiger partial charge in [-0.3, -0.25) is 4.72 Å². The molecule has 8 heteroatoms. The second-order valence-electron chi connectivity index (χ2n) is 7.66. The lowest BCUT2D eigenvalue weighted by atomic mass is 10.2. The molecule has 0 saturated heterocycles. The second kappa shape index (κ2) is 8.47. The fourth-order valence-corrected chi connectivity index (χ4v) is 4.28. The second-order valence-corrected chi connectivity index (χ2v) is 9.34. The molecular weight excluding hydrogens is 424 g/mol. The maximum absolute atomic E-state index is 13.1. The van der Waals surface area contributed by atoms with Crippen LogP contribution in [0, 0.1) is 20.8 Å². The molecule has 0 bridgehead atoms. The Morgan fingerprint density at radius 1 is 0.750 bits per heavy atom. The Bertz CT molecular complexity index is 1400. The third-order valence-corrected chi connectivity index (χ3v) is 6.34. The van der Waals surface area contributed by atoms with E-state index in [1.165, 1.54) is 0 Å². The van der Waals surface area contributed by atoms with Gasteiger partial charge in [-0.2, -0.15) is 0 Å². The molecule has 1 heterocycles. The van der Waals surface area contributed by atoms with Crippen molar-refractivity contribution in [3.05, 3.63) is 77.4 Å². The molecule has 0 fully saturated rings. The third-order valence-electron chi connectivity index (χ3n) is 4.99. The first-order chi connectivity index (χ1) is 15.2. The largest absolute Gasteiger partial charge is 0.495 e. The number of aromatic nitrogens is 2. The molecule has 0 unspecified atom stereocenters. The normalized spacial score (nSPS) is 11.4. The molecule has 0 radical (unpaired) electrons. The number of ether oxygens (including phenoxy) is 1. The molecule has 2 N–H and O–H groups in total. The Morgan fingerprint density at radius 3 is 2.09 bits per heavy atom. The third kappa shape index (κ3) is 4.50. The van der Waals surface area contributed by atoms with Crippen molar-refractivity contribution in [1.29, 1.82) is 0 Å². The lowest BCUT2D eigenvalue weighted by molar-refractivity contribution is 0.416. The average molecular weight is 449 g/mol. The van der Waals surface area contributed by atoms with E-state index in [-0.39, 0.29) is 16.5 Å². The lowest BCUT2D eigenvalue weighted by Gasteiger charge is -2.16. The number of hydrogen-bond donors (Lipinski definition) is 2. The molecule has 0 aliphatic rings. The Balaban J connectivity index is 1.83. The molecule has 7 nitrogen and oxygen atoms in total. The van der Waals surface area contributed by atoms with E-state index in [4.69, 9.17) is 4.74 Å². The maximum atomic E-state index is 13.1. The minimum atomic E-state index is -3.87. The highest BCUT2D eigenvalue weighted by Crippen LogP contribution is 2.32. The van der Waals surface area contributed by atoms with Crippen LogP contribution in [-0.4, -0.2) is 25.5 Å². The molecule has 4 rings (SSSR count). The summed E-state index contributed by atoms with van der Waals surface area (Å²) in [6.45, 7) is 5.82. The highest BCUT2D eigenvalue weighted by atomic mass is 32.2. The van der Waals surface area contributed by atoms with Gasteiger partial charge in [0.25, 0.3) is 10.0 Å². The highest BCUT2D eigenvalue weighted by Gasteiger charge is 2.20. The molecule has 0 aliphatic heterocycles. The molecule has 32 heavy (non-hydrogen) atoms. The standard InChI is InChI=1S/C24H24N4O3S/c1-15-5-9-18(10-6-15)32(29,30)28-24-23(26-20-13-16(2)7-11-19(20)25-24)27-21-14-17(3)8-12-22(21)31-4/h5-14H,1-4H3,(H,25,28)(H,26,27). The van der Waals surface area contributed by atoms with Crippen molar-refractivity contribution in [2.24, 2.45) is 0 Å². The van der Waals surface area contributed by atoms with Gasteiger partial charge in [-0.25, -0.2) is 18.4 Å². The molecule has 4 aromatic rings. The Labute approximate surface area is 187 Å². The summed E-state index contributed by atoms with van der Waals surface area (Å²) in [5, 5.41) is 3.20. The van der Waals surface area contributed by atoms with Crippen LogP contribution in [0.2, 0.25) is 0 Å². The molecule has 0 spiro atoms. The van der Waals surface area contributed by atoms with E-state index < -0.39 is 10.0 Å². The van der Waals surface area contributed by atoms with Gasteiger partial charge in [-0.1, -0.05) is 29.8 Å². The zero-order chi connectivity index (χ0) is 22.9. The van der Waals surface area contributed by atoms with Gasteiger partial charge in [-0.15, -0.1) is 0 Å². The summed E-state index contributed by atoms with van der Waals surface area (Å²) in [5.74, 6) is 0.988. The fourth-order valence-electron chi connectivity index (χ4n) is 3.27. The predicted molar refractivity (Wildman–Crippen MR) is 127 cm³/mol. The monoisotopic (exact) mass is 448 g/mol. The summed E-state index contributed by atoms with van der Waals surface area (Å²) in [6, 6.07) is 17.9. The number of nitrogens with one attached hydrogen (secondary N) is 2. The van der Waals surface area contributed by atoms with Gasteiger partial charge < -0.3 is 10.1 Å². The van der Waals surface area contributed by atoms with E-state index in [1.54, 1.807) is 31.4 Å². The van der Waals surface area contributed by atoms with Gasteiger partial charge in [0.05, 0.1) is 28.7 Å². The van der Waals surface area contributed by atoms with Gasteiger partial charge >= 0.3 is 0 Å². The zero-order valence-electron chi connectivity index (χ0n) is 18.3. The summed E-state index contributed by atoms with van der Waals surface area (Å²) < 4.78 is 34.2. The molecule has 0 amide bonds. The Morgan fingerprint density at radius 2 is 1.38 bits per heavy atom. The van der Waals surface area contributed by atoms with Crippen molar-refractivity contribution in [1.82, 2.24) is 9.97 Å². The van der Waals surface area contributed by atoms with E-state index in [1.807, 2.05) is 57.2 Å². The number of sulfonamides is 1. The van der Waals surface area contributed by atoms with Crippen molar-refractivity contribution in [3.63, 3.8) is 0 Å². The number of aryl methyl sites for hydroxylation is 3. The van der Waals surface area contributed by atoms with Gasteiger partial charge in [-0.05, 0) is 68.3 Å². The number of anilines is 3. The molecule has 0 aliphatic carbocycles. The molecular formula is C24H24N4O3S. The summed E-state index contributed by atoms with van der Waals surface area (Å²) in [4.78, 5) is 9.38. The molecule has 1 aromatic heterocycles. The lowest BCUT2D eigenvalue weighted by Crippen LogP contribution is -2.16. The van der Waals surface area contributed by atoms with Crippen LogP contribution < -0.4 is 14.8 Å². The van der Waals surface area contributed by atoms with Crippen LogP contribution in [0.1, 0.15) is 16.7 Å². The van der Waals surface area contributed by atoms with Crippen molar-refractivity contribution >= 4 is 38.4 Å².